The molecule has 15 nitrogen and oxygen atoms in total. The van der Waals surface area contributed by atoms with E-state index in [4.69, 9.17) is 14.2 Å². The molecule has 1 aromatic carbocycles. The first-order valence-corrected chi connectivity index (χ1v) is 21.6. The first-order chi connectivity index (χ1) is 26.3. The monoisotopic (exact) mass is 801 g/mol. The number of hydrogen-bond donors (Lipinski definition) is 3. The number of amides is 5. The van der Waals surface area contributed by atoms with Crippen molar-refractivity contribution in [3.8, 4) is 0 Å². The van der Waals surface area contributed by atoms with E-state index in [2.05, 4.69) is 15.4 Å². The maximum absolute atomic E-state index is 14.6. The summed E-state index contributed by atoms with van der Waals surface area (Å²) >= 11 is 0. The number of nitrogens with one attached hydrogen (secondary N) is 3. The van der Waals surface area contributed by atoms with Crippen LogP contribution in [0.4, 0.5) is 9.59 Å². The minimum atomic E-state index is -3.89. The third-order valence-corrected chi connectivity index (χ3v) is 13.7. The van der Waals surface area contributed by atoms with E-state index in [9.17, 15) is 32.4 Å². The van der Waals surface area contributed by atoms with Crippen molar-refractivity contribution < 1.29 is 46.6 Å². The van der Waals surface area contributed by atoms with Crippen molar-refractivity contribution in [1.29, 1.82) is 0 Å². The van der Waals surface area contributed by atoms with Crippen molar-refractivity contribution in [2.45, 2.75) is 148 Å². The molecule has 6 rings (SSSR count). The van der Waals surface area contributed by atoms with Crippen LogP contribution in [0.2, 0.25) is 0 Å². The van der Waals surface area contributed by atoms with Gasteiger partial charge in [0.2, 0.25) is 21.8 Å². The number of benzene rings is 1. The second-order valence-electron chi connectivity index (χ2n) is 18.2. The lowest BCUT2D eigenvalue weighted by Gasteiger charge is -2.35. The molecule has 0 aromatic heterocycles. The van der Waals surface area contributed by atoms with Crippen molar-refractivity contribution in [3.63, 3.8) is 0 Å². The molecule has 1 saturated heterocycles. The molecular weight excluding hydrogens is 743 g/mol. The summed E-state index contributed by atoms with van der Waals surface area (Å²) in [7, 11) is -3.89. The molecule has 3 aliphatic heterocycles. The molecule has 2 aliphatic carbocycles. The largest absolute Gasteiger partial charge is 0.449 e. The number of rotatable bonds is 6. The highest BCUT2D eigenvalue weighted by molar-refractivity contribution is 7.91. The van der Waals surface area contributed by atoms with E-state index in [1.165, 1.54) is 4.90 Å². The third-order valence-electron chi connectivity index (χ3n) is 11.9. The lowest BCUT2D eigenvalue weighted by atomic mass is 9.85. The van der Waals surface area contributed by atoms with Crippen LogP contribution in [0.15, 0.2) is 18.2 Å². The molecule has 5 aliphatic rings. The van der Waals surface area contributed by atoms with Crippen molar-refractivity contribution in [3.05, 3.63) is 34.9 Å². The van der Waals surface area contributed by atoms with Gasteiger partial charge in [-0.05, 0) is 65.5 Å². The lowest BCUT2D eigenvalue weighted by Crippen LogP contribution is -2.60. The van der Waals surface area contributed by atoms with Gasteiger partial charge in [-0.2, -0.15) is 0 Å². The molecular formula is C40H59N5O10S. The Balaban J connectivity index is 1.26. The smallest absolute Gasteiger partial charge is 0.410 e. The summed E-state index contributed by atoms with van der Waals surface area (Å²) in [5.41, 5.74) is 0.377. The van der Waals surface area contributed by atoms with E-state index in [0.29, 0.717) is 45.6 Å². The van der Waals surface area contributed by atoms with Gasteiger partial charge in [0.25, 0.3) is 5.91 Å². The van der Waals surface area contributed by atoms with E-state index in [1.54, 1.807) is 25.7 Å². The number of cyclic esters (lactones) is 1. The maximum Gasteiger partial charge on any atom is 0.410 e. The van der Waals surface area contributed by atoms with E-state index < -0.39 is 74.3 Å². The predicted molar refractivity (Wildman–Crippen MR) is 205 cm³/mol. The van der Waals surface area contributed by atoms with Crippen LogP contribution < -0.4 is 15.4 Å². The van der Waals surface area contributed by atoms with Crippen molar-refractivity contribution in [1.82, 2.24) is 25.2 Å². The third kappa shape index (κ3) is 9.43. The van der Waals surface area contributed by atoms with Crippen molar-refractivity contribution >= 4 is 39.9 Å². The minimum Gasteiger partial charge on any atom is -0.449 e. The molecule has 3 N–H and O–H groups in total. The summed E-state index contributed by atoms with van der Waals surface area (Å²) in [6.45, 7) is 12.9. The van der Waals surface area contributed by atoms with Gasteiger partial charge in [-0.3, -0.25) is 24.0 Å². The summed E-state index contributed by atoms with van der Waals surface area (Å²) in [6, 6.07) is 3.59. The Morgan fingerprint density at radius 2 is 1.77 bits per heavy atom. The van der Waals surface area contributed by atoms with Gasteiger partial charge in [0, 0.05) is 19.6 Å². The molecule has 1 unspecified atom stereocenters. The number of carbonyl (C=O) groups is 5. The first-order valence-electron chi connectivity index (χ1n) is 20.1. The Labute approximate surface area is 330 Å². The number of hydrogen-bond acceptors (Lipinski definition) is 10. The zero-order chi connectivity index (χ0) is 40.6. The average molecular weight is 802 g/mol. The van der Waals surface area contributed by atoms with Gasteiger partial charge in [0.1, 0.15) is 23.7 Å². The second-order valence-corrected chi connectivity index (χ2v) is 20.1. The molecule has 1 aromatic rings. The van der Waals surface area contributed by atoms with Crippen LogP contribution >= 0.6 is 0 Å². The second kappa shape index (κ2) is 16.1. The molecule has 0 radical (unpaired) electrons. The quantitative estimate of drug-likeness (QED) is 0.375. The zero-order valence-corrected chi connectivity index (χ0v) is 34.4. The van der Waals surface area contributed by atoms with Crippen LogP contribution in [0, 0.1) is 16.7 Å². The Morgan fingerprint density at radius 3 is 2.45 bits per heavy atom. The van der Waals surface area contributed by atoms with Gasteiger partial charge in [0.05, 0.1) is 31.6 Å². The fraction of sp³-hybridized carbons (Fsp3) is 0.725. The Kier molecular flexibility index (Phi) is 12.0. The number of nitrogens with zero attached hydrogens (tertiary/aromatic N) is 2. The summed E-state index contributed by atoms with van der Waals surface area (Å²) in [6.07, 6.45) is 2.88. The molecule has 5 amide bonds. The van der Waals surface area contributed by atoms with Crippen molar-refractivity contribution in [2.75, 3.05) is 19.8 Å². The van der Waals surface area contributed by atoms with Gasteiger partial charge >= 0.3 is 12.2 Å². The SMILES string of the molecule is CC[C@H]1C[C@@]1(NC(=O)C1C[C@@H]2CN1C(=O)[C@H](C(C)(C)C)NC(=O)OCC(C)(C)CCCCCOCc1cccc3c1CN(C3)C(=O)O2)C(=O)NS(=O)(=O)C1CC1. The predicted octanol–water partition coefficient (Wildman–Crippen LogP) is 4.26. The minimum absolute atomic E-state index is 0.0758. The van der Waals surface area contributed by atoms with E-state index in [-0.39, 0.29) is 37.3 Å². The van der Waals surface area contributed by atoms with Crippen LogP contribution in [0.3, 0.4) is 0 Å². The summed E-state index contributed by atoms with van der Waals surface area (Å²) in [5.74, 6) is -2.37. The van der Waals surface area contributed by atoms with E-state index in [0.717, 1.165) is 42.4 Å². The van der Waals surface area contributed by atoms with Crippen LogP contribution in [0.5, 0.6) is 0 Å². The normalized spacial score (nSPS) is 29.1. The molecule has 3 fully saturated rings. The highest BCUT2D eigenvalue weighted by atomic mass is 32.2. The molecule has 4 bridgehead atoms. The summed E-state index contributed by atoms with van der Waals surface area (Å²) < 4.78 is 45.4. The maximum atomic E-state index is 14.6. The Morgan fingerprint density at radius 1 is 1.04 bits per heavy atom. The molecule has 5 atom stereocenters. The fourth-order valence-corrected chi connectivity index (χ4v) is 9.48. The standard InChI is InChI=1S/C40H59N5O10S/c1-7-27-19-40(27,35(48)43-56(51,52)29-14-15-29)42-33(46)31-18-28-21-45(31)34(47)32(38(2,3)4)41-36(49)54-24-39(5,6)16-9-8-10-17-53-23-26-13-11-12-25-20-44(22-30(25)26)37(50)55-28/h11-13,27-29,31-32H,7-10,14-24H2,1-6H3,(H,41,49)(H,42,46)(H,43,48)/t27-,28+,31?,32+,40-/m0/s1. The van der Waals surface area contributed by atoms with Crippen LogP contribution in [0.25, 0.3) is 0 Å². The average Bonchev–Trinajstić information content (AvgIpc) is 4.02. The number of alkyl carbamates (subject to hydrolysis) is 1. The van der Waals surface area contributed by atoms with Gasteiger partial charge in [-0.1, -0.05) is 79.0 Å². The number of carbonyl (C=O) groups excluding carboxylic acids is 5. The molecule has 56 heavy (non-hydrogen) atoms. The highest BCUT2D eigenvalue weighted by Gasteiger charge is 2.62. The molecule has 310 valence electrons. The zero-order valence-electron chi connectivity index (χ0n) is 33.6. The highest BCUT2D eigenvalue weighted by Crippen LogP contribution is 2.47. The van der Waals surface area contributed by atoms with E-state index in [1.807, 2.05) is 39.0 Å². The molecule has 0 spiro atoms. The summed E-state index contributed by atoms with van der Waals surface area (Å²) in [5, 5.41) is 4.95. The molecule has 3 heterocycles. The summed E-state index contributed by atoms with van der Waals surface area (Å²) in [4.78, 5) is 72.4. The van der Waals surface area contributed by atoms with Crippen LogP contribution in [-0.4, -0.2) is 96.9 Å². The first kappa shape index (κ1) is 41.7. The fourth-order valence-electron chi connectivity index (χ4n) is 8.12. The van der Waals surface area contributed by atoms with Crippen LogP contribution in [0.1, 0.15) is 116 Å². The number of sulfonamides is 1. The lowest BCUT2D eigenvalue weighted by molar-refractivity contribution is -0.143. The molecule has 2 saturated carbocycles. The van der Waals surface area contributed by atoms with Gasteiger partial charge < -0.3 is 29.7 Å². The topological polar surface area (TPSA) is 190 Å². The van der Waals surface area contributed by atoms with Gasteiger partial charge in [0.15, 0.2) is 0 Å². The van der Waals surface area contributed by atoms with Crippen LogP contribution in [-0.2, 0) is 58.3 Å². The van der Waals surface area contributed by atoms with Gasteiger partial charge in [-0.15, -0.1) is 0 Å². The Bertz CT molecular complexity index is 1810. The Hall–Kier alpha value is -3.92. The van der Waals surface area contributed by atoms with E-state index >= 15 is 0 Å². The number of fused-ring (bicyclic) bond motifs is 3. The van der Waals surface area contributed by atoms with Gasteiger partial charge in [-0.25, -0.2) is 18.0 Å². The number of ether oxygens (including phenoxy) is 3. The van der Waals surface area contributed by atoms with Crippen molar-refractivity contribution in [2.24, 2.45) is 16.7 Å². The molecule has 16 heteroatoms.